The van der Waals surface area contributed by atoms with Gasteiger partial charge in [0.1, 0.15) is 0 Å². The molecule has 0 radical (unpaired) electrons. The highest BCUT2D eigenvalue weighted by molar-refractivity contribution is 7.90. The lowest BCUT2D eigenvalue weighted by atomic mass is 10.2. The second-order valence-electron chi connectivity index (χ2n) is 4.16. The monoisotopic (exact) mass is 255 g/mol. The van der Waals surface area contributed by atoms with Crippen LogP contribution in [-0.2, 0) is 10.2 Å². The molecule has 1 aliphatic rings. The summed E-state index contributed by atoms with van der Waals surface area (Å²) in [5.74, 6) is 0. The van der Waals surface area contributed by atoms with Gasteiger partial charge >= 0.3 is 10.2 Å². The summed E-state index contributed by atoms with van der Waals surface area (Å²) in [4.78, 5) is 0. The minimum atomic E-state index is -3.41. The van der Waals surface area contributed by atoms with Gasteiger partial charge in [-0.25, -0.2) is 0 Å². The van der Waals surface area contributed by atoms with Crippen molar-refractivity contribution >= 4 is 21.6 Å². The normalized spacial score (nSPS) is 16.3. The highest BCUT2D eigenvalue weighted by atomic mass is 32.2. The number of nitrogens with zero attached hydrogens (tertiary/aromatic N) is 2. The van der Waals surface area contributed by atoms with Crippen LogP contribution >= 0.6 is 0 Å². The lowest BCUT2D eigenvalue weighted by molar-refractivity contribution is 0.515. The van der Waals surface area contributed by atoms with Crippen LogP contribution in [0.5, 0.6) is 0 Å². The van der Waals surface area contributed by atoms with Crippen LogP contribution in [0.25, 0.3) is 0 Å². The third-order valence-electron chi connectivity index (χ3n) is 2.77. The van der Waals surface area contributed by atoms with Crippen molar-refractivity contribution in [3.8, 4) is 0 Å². The Morgan fingerprint density at radius 3 is 2.71 bits per heavy atom. The minimum Gasteiger partial charge on any atom is -0.383 e. The fraction of sp³-hybridized carbons (Fsp3) is 0.455. The number of para-hydroxylation sites is 2. The highest BCUT2D eigenvalue weighted by Gasteiger charge is 2.27. The SMILES string of the molecule is CN(C)S(=O)(=O)N1CCCNc2ccccc21. The molecule has 0 bridgehead atoms. The first-order valence-corrected chi connectivity index (χ1v) is 6.96. The predicted octanol–water partition coefficient (Wildman–Crippen LogP) is 1.11. The van der Waals surface area contributed by atoms with Crippen LogP contribution in [-0.4, -0.2) is 39.9 Å². The van der Waals surface area contributed by atoms with Crippen LogP contribution in [0.15, 0.2) is 24.3 Å². The average Bonchev–Trinajstić information content (AvgIpc) is 2.51. The van der Waals surface area contributed by atoms with Gasteiger partial charge in [0.15, 0.2) is 0 Å². The third-order valence-corrected chi connectivity index (χ3v) is 4.63. The molecule has 17 heavy (non-hydrogen) atoms. The molecule has 0 aromatic heterocycles. The summed E-state index contributed by atoms with van der Waals surface area (Å²) < 4.78 is 27.2. The van der Waals surface area contributed by atoms with E-state index in [4.69, 9.17) is 0 Å². The standard InChI is InChI=1S/C11H17N3O2S/c1-13(2)17(15,16)14-9-5-8-12-10-6-3-4-7-11(10)14/h3-4,6-7,12H,5,8-9H2,1-2H3. The van der Waals surface area contributed by atoms with E-state index < -0.39 is 10.2 Å². The lowest BCUT2D eigenvalue weighted by Crippen LogP contribution is -2.40. The third kappa shape index (κ3) is 2.23. The van der Waals surface area contributed by atoms with E-state index in [9.17, 15) is 8.42 Å². The number of hydrogen-bond acceptors (Lipinski definition) is 3. The number of hydrogen-bond donors (Lipinski definition) is 1. The van der Waals surface area contributed by atoms with Crippen molar-refractivity contribution in [1.29, 1.82) is 0 Å². The van der Waals surface area contributed by atoms with Crippen molar-refractivity contribution in [1.82, 2.24) is 4.31 Å². The first-order chi connectivity index (χ1) is 8.03. The van der Waals surface area contributed by atoms with Crippen molar-refractivity contribution in [2.75, 3.05) is 36.8 Å². The molecule has 0 unspecified atom stereocenters. The largest absolute Gasteiger partial charge is 0.383 e. The fourth-order valence-corrected chi connectivity index (χ4v) is 3.01. The second-order valence-corrected chi connectivity index (χ2v) is 6.23. The zero-order chi connectivity index (χ0) is 12.5. The summed E-state index contributed by atoms with van der Waals surface area (Å²) in [5, 5.41) is 3.24. The van der Waals surface area contributed by atoms with Crippen LogP contribution in [0, 0.1) is 0 Å². The molecule has 2 rings (SSSR count). The summed E-state index contributed by atoms with van der Waals surface area (Å²) >= 11 is 0. The Morgan fingerprint density at radius 2 is 2.00 bits per heavy atom. The average molecular weight is 255 g/mol. The molecule has 5 nitrogen and oxygen atoms in total. The lowest BCUT2D eigenvalue weighted by Gasteiger charge is -2.26. The highest BCUT2D eigenvalue weighted by Crippen LogP contribution is 2.30. The molecule has 1 aromatic carbocycles. The van der Waals surface area contributed by atoms with Gasteiger partial charge in [-0.15, -0.1) is 0 Å². The molecule has 94 valence electrons. The number of nitrogens with one attached hydrogen (secondary N) is 1. The van der Waals surface area contributed by atoms with E-state index in [2.05, 4.69) is 5.32 Å². The van der Waals surface area contributed by atoms with Crippen LogP contribution in [0.2, 0.25) is 0 Å². The number of rotatable bonds is 2. The molecule has 1 aromatic rings. The van der Waals surface area contributed by atoms with Gasteiger partial charge in [-0.2, -0.15) is 12.7 Å². The van der Waals surface area contributed by atoms with Crippen molar-refractivity contribution in [2.45, 2.75) is 6.42 Å². The van der Waals surface area contributed by atoms with Gasteiger partial charge in [0, 0.05) is 27.2 Å². The first kappa shape index (κ1) is 12.2. The van der Waals surface area contributed by atoms with Crippen molar-refractivity contribution in [2.24, 2.45) is 0 Å². The molecule has 6 heteroatoms. The quantitative estimate of drug-likeness (QED) is 0.861. The number of benzene rings is 1. The molecule has 0 aliphatic carbocycles. The molecule has 0 saturated heterocycles. The number of fused-ring (bicyclic) bond motifs is 1. The Balaban J connectivity index is 2.49. The van der Waals surface area contributed by atoms with E-state index in [1.807, 2.05) is 24.3 Å². The first-order valence-electron chi connectivity index (χ1n) is 5.56. The molecule has 0 saturated carbocycles. The Kier molecular flexibility index (Phi) is 3.26. The van der Waals surface area contributed by atoms with Gasteiger partial charge in [-0.1, -0.05) is 12.1 Å². The zero-order valence-electron chi connectivity index (χ0n) is 10.0. The molecule has 1 heterocycles. The van der Waals surface area contributed by atoms with Crippen LogP contribution in [0.3, 0.4) is 0 Å². The summed E-state index contributed by atoms with van der Waals surface area (Å²) in [6.07, 6.45) is 0.793. The van der Waals surface area contributed by atoms with E-state index in [1.165, 1.54) is 8.61 Å². The molecular weight excluding hydrogens is 238 g/mol. The smallest absolute Gasteiger partial charge is 0.303 e. The molecule has 0 amide bonds. The maximum absolute atomic E-state index is 12.2. The van der Waals surface area contributed by atoms with Crippen molar-refractivity contribution in [3.05, 3.63) is 24.3 Å². The predicted molar refractivity (Wildman–Crippen MR) is 69.5 cm³/mol. The maximum atomic E-state index is 12.2. The van der Waals surface area contributed by atoms with Crippen molar-refractivity contribution < 1.29 is 8.42 Å². The Bertz CT molecular complexity index is 499. The van der Waals surface area contributed by atoms with E-state index in [1.54, 1.807) is 14.1 Å². The topological polar surface area (TPSA) is 52.7 Å². The van der Waals surface area contributed by atoms with Gasteiger partial charge in [0.2, 0.25) is 0 Å². The van der Waals surface area contributed by atoms with Gasteiger partial charge in [0.25, 0.3) is 0 Å². The van der Waals surface area contributed by atoms with Gasteiger partial charge in [-0.3, -0.25) is 4.31 Å². The van der Waals surface area contributed by atoms with E-state index >= 15 is 0 Å². The number of anilines is 2. The zero-order valence-corrected chi connectivity index (χ0v) is 10.9. The Hall–Kier alpha value is -1.27. The molecule has 0 spiro atoms. The van der Waals surface area contributed by atoms with Crippen LogP contribution in [0.1, 0.15) is 6.42 Å². The maximum Gasteiger partial charge on any atom is 0.303 e. The van der Waals surface area contributed by atoms with E-state index in [0.29, 0.717) is 6.54 Å². The minimum absolute atomic E-state index is 0.504. The summed E-state index contributed by atoms with van der Waals surface area (Å²) in [7, 11) is -0.306. The van der Waals surface area contributed by atoms with Gasteiger partial charge in [-0.05, 0) is 18.6 Å². The fourth-order valence-electron chi connectivity index (χ4n) is 1.84. The second kappa shape index (κ2) is 4.54. The van der Waals surface area contributed by atoms with Gasteiger partial charge < -0.3 is 5.32 Å². The van der Waals surface area contributed by atoms with Gasteiger partial charge in [0.05, 0.1) is 11.4 Å². The van der Waals surface area contributed by atoms with Crippen LogP contribution < -0.4 is 9.62 Å². The Morgan fingerprint density at radius 1 is 1.29 bits per heavy atom. The van der Waals surface area contributed by atoms with E-state index in [0.717, 1.165) is 24.3 Å². The summed E-state index contributed by atoms with van der Waals surface area (Å²) in [5.41, 5.74) is 1.59. The molecular formula is C11H17N3O2S. The molecule has 1 N–H and O–H groups in total. The molecule has 1 aliphatic heterocycles. The summed E-state index contributed by atoms with van der Waals surface area (Å²) in [6, 6.07) is 7.48. The van der Waals surface area contributed by atoms with Crippen LogP contribution in [0.4, 0.5) is 11.4 Å². The summed E-state index contributed by atoms with van der Waals surface area (Å²) in [6.45, 7) is 1.29. The molecule has 0 atom stereocenters. The Labute approximate surface area is 102 Å². The molecule has 0 fully saturated rings. The van der Waals surface area contributed by atoms with Crippen molar-refractivity contribution in [3.63, 3.8) is 0 Å². The van der Waals surface area contributed by atoms with E-state index in [-0.39, 0.29) is 0 Å².